The molecule has 0 fully saturated rings. The number of nitrogens with two attached hydrogens (primary N) is 2. The highest BCUT2D eigenvalue weighted by atomic mass is 16.6. The van der Waals surface area contributed by atoms with Crippen LogP contribution in [0.1, 0.15) is 23.3 Å². The van der Waals surface area contributed by atoms with Crippen LogP contribution >= 0.6 is 0 Å². The SMILES string of the molecule is NCC(O)c1ccc(O)c(O)c1.NCC(O)c1ccc(O)c(O)c1.O=C(O)C(O)C(O)C(=O)OC(C(=O)O)C(O)C(=O)O. The molecular weight excluding hydrogens is 588 g/mol. The number of hydrogen-bond acceptors (Lipinski definition) is 16. The third-order valence-electron chi connectivity index (χ3n) is 5.03. The molecule has 0 aliphatic carbocycles. The third-order valence-corrected chi connectivity index (χ3v) is 5.03. The molecule has 16 N–H and O–H groups in total. The van der Waals surface area contributed by atoms with Crippen LogP contribution in [0.15, 0.2) is 36.4 Å². The lowest BCUT2D eigenvalue weighted by molar-refractivity contribution is -0.188. The minimum Gasteiger partial charge on any atom is -0.504 e. The van der Waals surface area contributed by atoms with E-state index >= 15 is 0 Å². The van der Waals surface area contributed by atoms with Gasteiger partial charge in [0.1, 0.15) is 0 Å². The molecule has 19 heteroatoms. The molecular formula is C24H32N2O17. The predicted molar refractivity (Wildman–Crippen MR) is 138 cm³/mol. The molecule has 0 saturated carbocycles. The molecule has 2 aromatic rings. The average Bonchev–Trinajstić information content (AvgIpc) is 2.96. The summed E-state index contributed by atoms with van der Waals surface area (Å²) in [5.74, 6) is -8.88. The van der Waals surface area contributed by atoms with Crippen molar-refractivity contribution in [1.29, 1.82) is 0 Å². The summed E-state index contributed by atoms with van der Waals surface area (Å²) in [4.78, 5) is 42.2. The summed E-state index contributed by atoms with van der Waals surface area (Å²) in [5.41, 5.74) is 11.4. The second-order valence-corrected chi connectivity index (χ2v) is 8.21. The number of hydrogen-bond donors (Lipinski definition) is 14. The van der Waals surface area contributed by atoms with Crippen molar-refractivity contribution in [2.24, 2.45) is 11.5 Å². The molecule has 0 amide bonds. The topological polar surface area (TPSA) is 372 Å². The first kappa shape index (κ1) is 38.2. The van der Waals surface area contributed by atoms with Crippen molar-refractivity contribution in [2.75, 3.05) is 13.1 Å². The second kappa shape index (κ2) is 17.9. The number of carboxylic acid groups (broad SMARTS) is 3. The van der Waals surface area contributed by atoms with E-state index in [0.717, 1.165) is 0 Å². The van der Waals surface area contributed by atoms with Gasteiger partial charge in [0.25, 0.3) is 0 Å². The van der Waals surface area contributed by atoms with Gasteiger partial charge in [-0.3, -0.25) is 0 Å². The minimum absolute atomic E-state index is 0.0875. The predicted octanol–water partition coefficient (Wildman–Crippen LogP) is -3.59. The molecule has 0 heterocycles. The van der Waals surface area contributed by atoms with Crippen LogP contribution in [-0.2, 0) is 23.9 Å². The molecule has 0 saturated heterocycles. The Morgan fingerprint density at radius 1 is 0.581 bits per heavy atom. The second-order valence-electron chi connectivity index (χ2n) is 8.21. The number of phenols is 4. The van der Waals surface area contributed by atoms with Gasteiger partial charge in [0.05, 0.1) is 12.2 Å². The lowest BCUT2D eigenvalue weighted by Crippen LogP contribution is -2.47. The number of rotatable bonds is 11. The molecule has 0 aliphatic rings. The lowest BCUT2D eigenvalue weighted by Gasteiger charge is -2.19. The molecule has 0 aromatic heterocycles. The summed E-state index contributed by atoms with van der Waals surface area (Å²) in [5, 5.41) is 106. The van der Waals surface area contributed by atoms with Crippen LogP contribution in [0.4, 0.5) is 0 Å². The van der Waals surface area contributed by atoms with Crippen molar-refractivity contribution in [2.45, 2.75) is 36.6 Å². The summed E-state index contributed by atoms with van der Waals surface area (Å²) in [6, 6.07) is 8.20. The number of carbonyl (C=O) groups is 4. The van der Waals surface area contributed by atoms with E-state index in [4.69, 9.17) is 62.5 Å². The summed E-state index contributed by atoms with van der Waals surface area (Å²) in [6.45, 7) is 0.175. The van der Waals surface area contributed by atoms with E-state index < -0.39 is 60.5 Å². The number of aliphatic hydroxyl groups is 5. The highest BCUT2D eigenvalue weighted by molar-refractivity contribution is 5.88. The maximum atomic E-state index is 11.1. The zero-order valence-corrected chi connectivity index (χ0v) is 21.9. The highest BCUT2D eigenvalue weighted by Crippen LogP contribution is 2.28. The normalized spacial score (nSPS) is 14.6. The first-order valence-corrected chi connectivity index (χ1v) is 11.6. The number of esters is 1. The molecule has 0 radical (unpaired) electrons. The van der Waals surface area contributed by atoms with Crippen LogP contribution in [-0.4, -0.2) is 123 Å². The Bertz CT molecular complexity index is 1180. The summed E-state index contributed by atoms with van der Waals surface area (Å²) >= 11 is 0. The van der Waals surface area contributed by atoms with Crippen LogP contribution in [0, 0.1) is 0 Å². The van der Waals surface area contributed by atoms with Crippen LogP contribution in [0.2, 0.25) is 0 Å². The number of aromatic hydroxyl groups is 4. The van der Waals surface area contributed by atoms with Gasteiger partial charge in [-0.25, -0.2) is 19.2 Å². The zero-order valence-electron chi connectivity index (χ0n) is 21.9. The average molecular weight is 621 g/mol. The zero-order chi connectivity index (χ0) is 33.6. The van der Waals surface area contributed by atoms with Gasteiger partial charge in [-0.1, -0.05) is 12.1 Å². The van der Waals surface area contributed by atoms with Crippen LogP contribution in [0.3, 0.4) is 0 Å². The molecule has 0 spiro atoms. The monoisotopic (exact) mass is 620 g/mol. The molecule has 2 aromatic carbocycles. The fourth-order valence-electron chi connectivity index (χ4n) is 2.61. The van der Waals surface area contributed by atoms with Crippen molar-refractivity contribution in [3.63, 3.8) is 0 Å². The van der Waals surface area contributed by atoms with Crippen molar-refractivity contribution in [3.05, 3.63) is 47.5 Å². The Hall–Kier alpha value is -4.76. The van der Waals surface area contributed by atoms with Gasteiger partial charge in [0, 0.05) is 13.1 Å². The van der Waals surface area contributed by atoms with Gasteiger partial charge in [-0.2, -0.15) is 0 Å². The van der Waals surface area contributed by atoms with Gasteiger partial charge in [0.15, 0.2) is 41.3 Å². The largest absolute Gasteiger partial charge is 0.504 e. The summed E-state index contributed by atoms with van der Waals surface area (Å²) in [6.07, 6.45) is -12.0. The Morgan fingerprint density at radius 2 is 0.953 bits per heavy atom. The number of aliphatic carboxylic acids is 3. The summed E-state index contributed by atoms with van der Waals surface area (Å²) in [7, 11) is 0. The van der Waals surface area contributed by atoms with Gasteiger partial charge in [-0.15, -0.1) is 0 Å². The van der Waals surface area contributed by atoms with Gasteiger partial charge in [0.2, 0.25) is 6.10 Å². The lowest BCUT2D eigenvalue weighted by atomic mass is 10.1. The van der Waals surface area contributed by atoms with E-state index in [1.165, 1.54) is 36.4 Å². The van der Waals surface area contributed by atoms with E-state index in [1.807, 2.05) is 0 Å². The minimum atomic E-state index is -2.64. The third kappa shape index (κ3) is 12.3. The number of aliphatic hydroxyl groups excluding tert-OH is 5. The van der Waals surface area contributed by atoms with E-state index in [2.05, 4.69) is 4.74 Å². The van der Waals surface area contributed by atoms with Crippen LogP contribution < -0.4 is 11.5 Å². The molecule has 19 nitrogen and oxygen atoms in total. The molecule has 240 valence electrons. The van der Waals surface area contributed by atoms with Gasteiger partial charge < -0.3 is 77.5 Å². The number of benzene rings is 2. The fourth-order valence-corrected chi connectivity index (χ4v) is 2.61. The standard InChI is InChI=1S/2C8H11NO3.C8H10O11/c2*9-4-8(12)5-1-2-6(10)7(11)3-5;9-1(5(12)13)2(10)8(18)19-4(7(16)17)3(11)6(14)15/h2*1-3,8,10-12H,4,9H2;1-4,9-11H,(H,12,13)(H,14,15)(H,16,17). The van der Waals surface area contributed by atoms with E-state index in [9.17, 15) is 29.4 Å². The van der Waals surface area contributed by atoms with Crippen molar-refractivity contribution in [3.8, 4) is 23.0 Å². The Labute approximate surface area is 241 Å². The quantitative estimate of drug-likeness (QED) is 0.0852. The summed E-state index contributed by atoms with van der Waals surface area (Å²) < 4.78 is 3.93. The van der Waals surface area contributed by atoms with Gasteiger partial charge >= 0.3 is 23.9 Å². The fraction of sp³-hybridized carbons (Fsp3) is 0.333. The maximum absolute atomic E-state index is 11.1. The first-order chi connectivity index (χ1) is 19.9. The molecule has 0 bridgehead atoms. The van der Waals surface area contributed by atoms with Crippen LogP contribution in [0.25, 0.3) is 0 Å². The van der Waals surface area contributed by atoms with E-state index in [-0.39, 0.29) is 36.1 Å². The Balaban J connectivity index is 0.000000640. The van der Waals surface area contributed by atoms with E-state index in [1.54, 1.807) is 0 Å². The highest BCUT2D eigenvalue weighted by Gasteiger charge is 2.39. The van der Waals surface area contributed by atoms with Crippen molar-refractivity contribution >= 4 is 23.9 Å². The molecule has 2 rings (SSSR count). The molecule has 6 unspecified atom stereocenters. The van der Waals surface area contributed by atoms with Crippen molar-refractivity contribution in [1.82, 2.24) is 0 Å². The van der Waals surface area contributed by atoms with Crippen molar-refractivity contribution < 1.29 is 85.2 Å². The molecule has 6 atom stereocenters. The number of carbonyl (C=O) groups excluding carboxylic acids is 1. The smallest absolute Gasteiger partial charge is 0.348 e. The van der Waals surface area contributed by atoms with E-state index in [0.29, 0.717) is 11.1 Å². The van der Waals surface area contributed by atoms with Crippen LogP contribution in [0.5, 0.6) is 23.0 Å². The first-order valence-electron chi connectivity index (χ1n) is 11.6. The molecule has 0 aliphatic heterocycles. The Kier molecular flexibility index (Phi) is 15.9. The number of carboxylic acids is 3. The Morgan fingerprint density at radius 3 is 1.23 bits per heavy atom. The number of ether oxygens (including phenoxy) is 1. The maximum Gasteiger partial charge on any atom is 0.348 e. The number of phenolic OH excluding ortho intramolecular Hbond substituents is 4. The van der Waals surface area contributed by atoms with Gasteiger partial charge in [-0.05, 0) is 35.4 Å². The molecule has 43 heavy (non-hydrogen) atoms.